The predicted molar refractivity (Wildman–Crippen MR) is 11.2 cm³/mol. The Kier molecular flexibility index (Phi) is 23.3. The number of hydrogen-bond acceptors (Lipinski definition) is 4. The molecular weight excluding hydrogens is 222 g/mol. The Morgan fingerprint density at radius 3 is 1.12 bits per heavy atom. The van der Waals surface area contributed by atoms with Gasteiger partial charge in [-0.05, 0) is 0 Å². The zero-order valence-electron chi connectivity index (χ0n) is 3.31. The summed E-state index contributed by atoms with van der Waals surface area (Å²) in [6.07, 6.45) is 0. The molecule has 0 unspecified atom stereocenters. The molecule has 0 aromatic carbocycles. The molecule has 0 atom stereocenters. The quantitative estimate of drug-likeness (QED) is 0.311. The van der Waals surface area contributed by atoms with Crippen LogP contribution in [0.2, 0.25) is 0 Å². The van der Waals surface area contributed by atoms with Crippen LogP contribution in [0.4, 0.5) is 0 Å². The summed E-state index contributed by atoms with van der Waals surface area (Å²) < 4.78 is 8.55. The summed E-state index contributed by atoms with van der Waals surface area (Å²) in [4.78, 5) is 25.6. The van der Waals surface area contributed by atoms with Gasteiger partial charge in [-0.1, -0.05) is 0 Å². The van der Waals surface area contributed by atoms with Gasteiger partial charge in [0, 0.05) is 17.1 Å². The van der Waals surface area contributed by atoms with Gasteiger partial charge in [0.2, 0.25) is 0 Å². The molecular formula is H2FeMnO5P. The molecule has 5 nitrogen and oxygen atoms in total. The zero-order chi connectivity index (χ0) is 4.50. The largest absolute Gasteiger partial charge is 3.00 e. The van der Waals surface area contributed by atoms with Crippen LogP contribution < -0.4 is 14.7 Å². The van der Waals surface area contributed by atoms with Crippen molar-refractivity contribution in [2.45, 2.75) is 0 Å². The van der Waals surface area contributed by atoms with Gasteiger partial charge in [0.05, 0.1) is 0 Å². The van der Waals surface area contributed by atoms with Crippen LogP contribution in [-0.2, 0) is 38.7 Å². The van der Waals surface area contributed by atoms with E-state index in [2.05, 4.69) is 0 Å². The third-order valence-electron chi connectivity index (χ3n) is 0. The van der Waals surface area contributed by atoms with Crippen molar-refractivity contribution in [2.75, 3.05) is 0 Å². The van der Waals surface area contributed by atoms with Gasteiger partial charge in [0.25, 0.3) is 0 Å². The summed E-state index contributed by atoms with van der Waals surface area (Å²) in [5, 5.41) is 0. The Labute approximate surface area is 67.0 Å². The Bertz CT molecular complexity index is 58.6. The molecule has 0 aliphatic carbocycles. The fraction of sp³-hybridized carbons (Fsp3) is 0. The van der Waals surface area contributed by atoms with E-state index < -0.39 is 7.82 Å². The molecule has 0 aliphatic rings. The van der Waals surface area contributed by atoms with E-state index in [1.807, 2.05) is 0 Å². The second-order valence-electron chi connectivity index (χ2n) is 0.447. The van der Waals surface area contributed by atoms with E-state index in [9.17, 15) is 0 Å². The first-order valence-electron chi connectivity index (χ1n) is 0.730. The molecule has 8 heavy (non-hydrogen) atoms. The van der Waals surface area contributed by atoms with Gasteiger partial charge in [-0.15, -0.1) is 0 Å². The molecule has 0 bridgehead atoms. The van der Waals surface area contributed by atoms with E-state index >= 15 is 0 Å². The van der Waals surface area contributed by atoms with Gasteiger partial charge in [-0.2, -0.15) is 7.82 Å². The molecule has 0 rings (SSSR count). The molecule has 0 amide bonds. The normalized spacial score (nSPS) is 7.38. The minimum Gasteiger partial charge on any atom is -0.822 e. The summed E-state index contributed by atoms with van der Waals surface area (Å²) in [7, 11) is -5.39. The number of hydrogen-bond donors (Lipinski definition) is 0. The van der Waals surface area contributed by atoms with Gasteiger partial charge in [-0.3, -0.25) is 0 Å². The van der Waals surface area contributed by atoms with E-state index in [1.54, 1.807) is 0 Å². The summed E-state index contributed by atoms with van der Waals surface area (Å²) in [5.74, 6) is 0. The van der Waals surface area contributed by atoms with Gasteiger partial charge in [0.1, 0.15) is 0 Å². The molecule has 0 spiro atoms. The summed E-state index contributed by atoms with van der Waals surface area (Å²) in [5.41, 5.74) is 0. The Balaban J connectivity index is -0.0000000267. The van der Waals surface area contributed by atoms with Crippen LogP contribution in [0.1, 0.15) is 0 Å². The summed E-state index contributed by atoms with van der Waals surface area (Å²) >= 11 is 0. The minimum absolute atomic E-state index is 0. The van der Waals surface area contributed by atoms with Crippen LogP contribution >= 0.6 is 7.82 Å². The van der Waals surface area contributed by atoms with Crippen molar-refractivity contribution < 1.29 is 58.9 Å². The second kappa shape index (κ2) is 8.11. The smallest absolute Gasteiger partial charge is 0.822 e. The second-order valence-corrected chi connectivity index (χ2v) is 1.34. The van der Waals surface area contributed by atoms with Crippen molar-refractivity contribution >= 4 is 7.82 Å². The van der Waals surface area contributed by atoms with Crippen molar-refractivity contribution in [1.29, 1.82) is 0 Å². The SMILES string of the molecule is O.O=P([O-])([O-])[O-].[Fe+3].[Mn]. The fourth-order valence-corrected chi connectivity index (χ4v) is 0. The predicted octanol–water partition coefficient (Wildman–Crippen LogP) is -3.65. The van der Waals surface area contributed by atoms with Crippen molar-refractivity contribution in [3.05, 3.63) is 0 Å². The van der Waals surface area contributed by atoms with Crippen LogP contribution in [0.15, 0.2) is 0 Å². The van der Waals surface area contributed by atoms with Crippen LogP contribution in [0.25, 0.3) is 0 Å². The molecule has 2 radical (unpaired) electrons. The van der Waals surface area contributed by atoms with Crippen LogP contribution in [-0.4, -0.2) is 5.48 Å². The molecule has 52 valence electrons. The van der Waals surface area contributed by atoms with Gasteiger partial charge < -0.3 is 24.7 Å². The molecule has 0 aromatic heterocycles. The Hall–Kier alpha value is 1.11. The number of phosphoric acid groups is 1. The van der Waals surface area contributed by atoms with Crippen molar-refractivity contribution in [3.63, 3.8) is 0 Å². The average Bonchev–Trinajstić information content (AvgIpc) is 0.722. The Morgan fingerprint density at radius 2 is 1.12 bits per heavy atom. The molecule has 0 heterocycles. The maximum absolute atomic E-state index is 8.55. The molecule has 0 aliphatic heterocycles. The molecule has 8 heteroatoms. The van der Waals surface area contributed by atoms with E-state index in [0.29, 0.717) is 0 Å². The molecule has 0 fully saturated rings. The topological polar surface area (TPSA) is 118 Å². The van der Waals surface area contributed by atoms with Crippen molar-refractivity contribution in [3.8, 4) is 0 Å². The molecule has 2 N–H and O–H groups in total. The van der Waals surface area contributed by atoms with E-state index in [1.165, 1.54) is 0 Å². The first-order valence-corrected chi connectivity index (χ1v) is 2.19. The minimum atomic E-state index is -5.39. The van der Waals surface area contributed by atoms with Gasteiger partial charge in [0.15, 0.2) is 0 Å². The number of rotatable bonds is 0. The zero-order valence-corrected chi connectivity index (χ0v) is 6.49. The Morgan fingerprint density at radius 1 is 1.12 bits per heavy atom. The van der Waals surface area contributed by atoms with E-state index in [0.717, 1.165) is 0 Å². The molecule has 0 saturated heterocycles. The molecule has 0 aromatic rings. The van der Waals surface area contributed by atoms with Crippen LogP contribution in [0.5, 0.6) is 0 Å². The summed E-state index contributed by atoms with van der Waals surface area (Å²) in [6, 6.07) is 0. The van der Waals surface area contributed by atoms with Crippen LogP contribution in [0.3, 0.4) is 0 Å². The van der Waals surface area contributed by atoms with Gasteiger partial charge >= 0.3 is 17.1 Å². The van der Waals surface area contributed by atoms with Crippen LogP contribution in [0, 0.1) is 0 Å². The summed E-state index contributed by atoms with van der Waals surface area (Å²) in [6.45, 7) is 0. The van der Waals surface area contributed by atoms with Gasteiger partial charge in [-0.25, -0.2) is 0 Å². The van der Waals surface area contributed by atoms with Crippen molar-refractivity contribution in [1.82, 2.24) is 0 Å². The average molecular weight is 224 g/mol. The van der Waals surface area contributed by atoms with Crippen molar-refractivity contribution in [2.24, 2.45) is 0 Å². The third-order valence-corrected chi connectivity index (χ3v) is 0. The maximum Gasteiger partial charge on any atom is 3.00 e. The monoisotopic (exact) mass is 224 g/mol. The third kappa shape index (κ3) is 216. The maximum atomic E-state index is 8.55. The van der Waals surface area contributed by atoms with E-state index in [-0.39, 0.29) is 39.6 Å². The standard InChI is InChI=1S/Fe.Mn.H3O4P.H2O/c;;1-5(2,3)4;/h;;(H3,1,2,3,4);1H2/q+3;;;/p-3. The molecule has 0 saturated carbocycles. The first-order chi connectivity index (χ1) is 2.00. The first kappa shape index (κ1) is 22.9. The fourth-order valence-electron chi connectivity index (χ4n) is 0. The van der Waals surface area contributed by atoms with E-state index in [4.69, 9.17) is 19.2 Å².